The lowest BCUT2D eigenvalue weighted by molar-refractivity contribution is 0.242. The quantitative estimate of drug-likeness (QED) is 0.148. The van der Waals surface area contributed by atoms with Crippen molar-refractivity contribution in [1.29, 1.82) is 0 Å². The van der Waals surface area contributed by atoms with E-state index in [0.717, 1.165) is 41.1 Å². The topological polar surface area (TPSA) is 41.7 Å². The van der Waals surface area contributed by atoms with E-state index in [0.29, 0.717) is 5.11 Å². The zero-order chi connectivity index (χ0) is 28.2. The van der Waals surface area contributed by atoms with Crippen molar-refractivity contribution in [3.63, 3.8) is 0 Å². The van der Waals surface area contributed by atoms with Crippen molar-refractivity contribution in [2.75, 3.05) is 18.5 Å². The van der Waals surface area contributed by atoms with Crippen molar-refractivity contribution < 1.29 is 4.74 Å². The van der Waals surface area contributed by atoms with Crippen molar-refractivity contribution in [3.05, 3.63) is 99.2 Å². The fraction of sp³-hybridized carbons (Fsp3) is 0.219. The van der Waals surface area contributed by atoms with E-state index in [1.54, 1.807) is 11.3 Å². The molecule has 0 spiro atoms. The van der Waals surface area contributed by atoms with Crippen LogP contribution in [-0.2, 0) is 13.0 Å². The molecule has 4 nitrogen and oxygen atoms in total. The molecule has 5 aromatic rings. The number of nitrogens with zero attached hydrogens (tertiary/aromatic N) is 2. The third-order valence-electron chi connectivity index (χ3n) is 6.55. The molecule has 0 aliphatic carbocycles. The average molecular weight is 687 g/mol. The van der Waals surface area contributed by atoms with Gasteiger partial charge >= 0.3 is 0 Å². The summed E-state index contributed by atoms with van der Waals surface area (Å²) in [6, 6.07) is 27.4. The van der Waals surface area contributed by atoms with E-state index >= 15 is 0 Å². The Kier molecular flexibility index (Phi) is 10.9. The molecule has 0 atom stereocenters. The fourth-order valence-electron chi connectivity index (χ4n) is 4.78. The summed E-state index contributed by atoms with van der Waals surface area (Å²) in [4.78, 5) is 6.99. The van der Waals surface area contributed by atoms with Gasteiger partial charge in [-0.2, -0.15) is 0 Å². The third kappa shape index (κ3) is 7.69. The highest BCUT2D eigenvalue weighted by Crippen LogP contribution is 2.41. The minimum atomic E-state index is 0. The lowest BCUT2D eigenvalue weighted by Crippen LogP contribution is -2.31. The molecule has 0 aliphatic heterocycles. The zero-order valence-corrected chi connectivity index (χ0v) is 28.0. The van der Waals surface area contributed by atoms with Crippen LogP contribution < -0.4 is 15.4 Å². The number of nitrogens with two attached hydrogens (primary N) is 1. The van der Waals surface area contributed by atoms with Crippen LogP contribution in [0.5, 0.6) is 5.75 Å². The van der Waals surface area contributed by atoms with Crippen molar-refractivity contribution in [3.8, 4) is 16.2 Å². The van der Waals surface area contributed by atoms with Crippen LogP contribution in [0.4, 0.5) is 11.4 Å². The maximum Gasteiger partial charge on any atom is 0.175 e. The fourth-order valence-corrected chi connectivity index (χ4v) is 7.76. The predicted octanol–water partition coefficient (Wildman–Crippen LogP) is 9.66. The molecule has 0 bridgehead atoms. The number of likely N-dealkylation sites (N-methyl/N-ethyl adjacent to an activating group) is 1. The Labute approximate surface area is 270 Å². The molecule has 0 saturated carbocycles. The molecule has 9 heteroatoms. The van der Waals surface area contributed by atoms with Crippen molar-refractivity contribution >= 4 is 89.8 Å². The Morgan fingerprint density at radius 2 is 1.71 bits per heavy atom. The summed E-state index contributed by atoms with van der Waals surface area (Å²) in [7, 11) is 2.19. The van der Waals surface area contributed by atoms with Gasteiger partial charge in [0.25, 0.3) is 0 Å². The van der Waals surface area contributed by atoms with Crippen molar-refractivity contribution in [2.45, 2.75) is 32.9 Å². The van der Waals surface area contributed by atoms with Crippen molar-refractivity contribution in [1.82, 2.24) is 4.90 Å². The summed E-state index contributed by atoms with van der Waals surface area (Å²) in [5.41, 5.74) is 10.8. The number of rotatable bonds is 10. The molecule has 5 rings (SSSR count). The first-order valence-corrected chi connectivity index (χ1v) is 16.1. The molecular weight excluding hydrogens is 654 g/mol. The van der Waals surface area contributed by atoms with Gasteiger partial charge in [0.2, 0.25) is 0 Å². The van der Waals surface area contributed by atoms with Crippen LogP contribution in [0.3, 0.4) is 0 Å². The smallest absolute Gasteiger partial charge is 0.175 e. The molecule has 3 aromatic carbocycles. The highest BCUT2D eigenvalue weighted by atomic mass is 79.9. The Bertz CT molecular complexity index is 1600. The second-order valence-electron chi connectivity index (χ2n) is 10.0. The second kappa shape index (κ2) is 14.1. The molecule has 2 heterocycles. The first-order valence-electron chi connectivity index (χ1n) is 13.2. The van der Waals surface area contributed by atoms with E-state index in [4.69, 9.17) is 22.7 Å². The molecule has 0 radical (unpaired) electrons. The summed E-state index contributed by atoms with van der Waals surface area (Å²) < 4.78 is 8.23. The Morgan fingerprint density at radius 3 is 2.34 bits per heavy atom. The van der Waals surface area contributed by atoms with E-state index in [2.05, 4.69) is 87.9 Å². The number of ether oxygens (including phenoxy) is 1. The maximum absolute atomic E-state index is 6.29. The summed E-state index contributed by atoms with van der Waals surface area (Å²) in [6.45, 7) is 5.91. The number of benzene rings is 3. The van der Waals surface area contributed by atoms with Gasteiger partial charge in [-0.1, -0.05) is 30.3 Å². The summed E-state index contributed by atoms with van der Waals surface area (Å²) in [5.74, 6) is 0.823. The number of thiophene rings is 2. The molecule has 0 aliphatic rings. The van der Waals surface area contributed by atoms with Crippen LogP contribution in [0.2, 0.25) is 0 Å². The van der Waals surface area contributed by atoms with Crippen LogP contribution in [0.15, 0.2) is 88.7 Å². The van der Waals surface area contributed by atoms with Gasteiger partial charge in [-0.15, -0.1) is 35.1 Å². The van der Waals surface area contributed by atoms with E-state index in [-0.39, 0.29) is 18.5 Å². The first-order chi connectivity index (χ1) is 19.3. The maximum atomic E-state index is 6.29. The predicted molar refractivity (Wildman–Crippen MR) is 188 cm³/mol. The summed E-state index contributed by atoms with van der Waals surface area (Å²) in [5, 5.41) is 3.69. The largest absolute Gasteiger partial charge is 0.491 e. The van der Waals surface area contributed by atoms with Gasteiger partial charge in [-0.25, -0.2) is 0 Å². The normalized spacial score (nSPS) is 11.2. The lowest BCUT2D eigenvalue weighted by atomic mass is 10.0. The van der Waals surface area contributed by atoms with Crippen molar-refractivity contribution in [2.24, 2.45) is 5.73 Å². The standard InChI is InChI=1S/C32H32BrN3OS3.ClH/c1-21(2)37-26-12-9-24(10-13-26)36(32(34)38)25-11-14-30-29(18-25)28(31(40-30)22-7-5-4-6-8-22)15-16-35(3)19-27-17-23(33)20-39-27;/h4-14,17-18,20-21H,15-16,19H2,1-3H3,(H2,34,38);1H. The SMILES string of the molecule is CC(C)Oc1ccc(N(C(N)=S)c2ccc3sc(-c4ccccc4)c(CCN(C)Cc4cc(Br)cs4)c3c2)cc1.Cl. The number of hydrogen-bond acceptors (Lipinski definition) is 5. The second-order valence-corrected chi connectivity index (χ2v) is 13.4. The van der Waals surface area contributed by atoms with E-state index in [1.165, 1.54) is 31.0 Å². The molecule has 214 valence electrons. The van der Waals surface area contributed by atoms with Gasteiger partial charge in [0.1, 0.15) is 5.75 Å². The Hall–Kier alpha value is -2.46. The van der Waals surface area contributed by atoms with Crippen LogP contribution in [0.1, 0.15) is 24.3 Å². The van der Waals surface area contributed by atoms with Gasteiger partial charge in [0, 0.05) is 48.8 Å². The molecule has 2 N–H and O–H groups in total. The summed E-state index contributed by atoms with van der Waals surface area (Å²) in [6.07, 6.45) is 1.05. The highest BCUT2D eigenvalue weighted by Gasteiger charge is 2.19. The van der Waals surface area contributed by atoms with Gasteiger partial charge in [-0.3, -0.25) is 4.90 Å². The summed E-state index contributed by atoms with van der Waals surface area (Å²) >= 11 is 12.8. The molecule has 0 unspecified atom stereocenters. The third-order valence-corrected chi connectivity index (χ3v) is 9.67. The van der Waals surface area contributed by atoms with Gasteiger partial charge < -0.3 is 15.4 Å². The van der Waals surface area contributed by atoms with Gasteiger partial charge in [0.05, 0.1) is 6.10 Å². The molecule has 2 aromatic heterocycles. The monoisotopic (exact) mass is 685 g/mol. The number of thiocarbonyl (C=S) groups is 1. The minimum absolute atomic E-state index is 0. The average Bonchev–Trinajstić information content (AvgIpc) is 3.51. The van der Waals surface area contributed by atoms with Crippen LogP contribution in [0.25, 0.3) is 20.5 Å². The Balaban J connectivity index is 0.00000387. The minimum Gasteiger partial charge on any atom is -0.491 e. The Morgan fingerprint density at radius 1 is 1.00 bits per heavy atom. The molecule has 41 heavy (non-hydrogen) atoms. The van der Waals surface area contributed by atoms with E-state index < -0.39 is 0 Å². The van der Waals surface area contributed by atoms with E-state index in [9.17, 15) is 0 Å². The first kappa shape index (κ1) is 31.5. The number of anilines is 2. The number of halogens is 2. The van der Waals surface area contributed by atoms with Gasteiger partial charge in [-0.05, 0) is 121 Å². The number of hydrogen-bond donors (Lipinski definition) is 1. The van der Waals surface area contributed by atoms with E-state index in [1.807, 2.05) is 54.3 Å². The number of fused-ring (bicyclic) bond motifs is 1. The van der Waals surface area contributed by atoms with Gasteiger partial charge in [0.15, 0.2) is 5.11 Å². The highest BCUT2D eigenvalue weighted by molar-refractivity contribution is 9.10. The molecule has 0 amide bonds. The lowest BCUT2D eigenvalue weighted by Gasteiger charge is -2.24. The zero-order valence-electron chi connectivity index (χ0n) is 23.2. The molecule has 0 saturated heterocycles. The van der Waals surface area contributed by atoms with Crippen LogP contribution in [-0.4, -0.2) is 29.7 Å². The van der Waals surface area contributed by atoms with Crippen LogP contribution in [0, 0.1) is 0 Å². The molecule has 0 fully saturated rings. The van der Waals surface area contributed by atoms with Crippen LogP contribution >= 0.6 is 63.2 Å². The molecular formula is C32H33BrClN3OS3.